The second-order valence-electron chi connectivity index (χ2n) is 7.63. The lowest BCUT2D eigenvalue weighted by molar-refractivity contribution is -0.123. The third-order valence-electron chi connectivity index (χ3n) is 5.77. The number of carbonyl (C=O) groups is 2. The van der Waals surface area contributed by atoms with E-state index in [9.17, 15) is 9.59 Å². The van der Waals surface area contributed by atoms with E-state index in [4.69, 9.17) is 4.74 Å². The van der Waals surface area contributed by atoms with Gasteiger partial charge in [-0.25, -0.2) is 4.90 Å². The first kappa shape index (κ1) is 20.3. The maximum atomic E-state index is 13.0. The van der Waals surface area contributed by atoms with E-state index in [1.807, 2.05) is 18.2 Å². The van der Waals surface area contributed by atoms with Crippen LogP contribution in [0.4, 0.5) is 5.69 Å². The summed E-state index contributed by atoms with van der Waals surface area (Å²) in [6, 6.07) is 17.0. The van der Waals surface area contributed by atoms with E-state index in [2.05, 4.69) is 34.1 Å². The van der Waals surface area contributed by atoms with Crippen molar-refractivity contribution in [3.8, 4) is 5.75 Å². The summed E-state index contributed by atoms with van der Waals surface area (Å²) < 4.78 is 5.16. The van der Waals surface area contributed by atoms with Crippen LogP contribution in [0.3, 0.4) is 0 Å². The van der Waals surface area contributed by atoms with Crippen LogP contribution in [0.25, 0.3) is 6.08 Å². The summed E-state index contributed by atoms with van der Waals surface area (Å²) in [6.45, 7) is 4.25. The molecule has 2 aliphatic heterocycles. The van der Waals surface area contributed by atoms with E-state index in [1.165, 1.54) is 10.5 Å². The predicted octanol–water partition coefficient (Wildman–Crippen LogP) is 2.66. The fourth-order valence-electron chi connectivity index (χ4n) is 4.06. The first-order valence-electron chi connectivity index (χ1n) is 10.3. The number of hydrogen-bond acceptors (Lipinski definition) is 5. The number of ether oxygens (including phenoxy) is 1. The first-order chi connectivity index (χ1) is 14.7. The molecule has 6 heteroatoms. The van der Waals surface area contributed by atoms with Gasteiger partial charge in [0.2, 0.25) is 5.91 Å². The SMILES string of the molecule is COc1ccc(N2C(=O)C[C@H](N3CCN(C/C=C/c4ccccc4)CC3)C2=O)cc1. The Morgan fingerprint density at radius 3 is 2.33 bits per heavy atom. The van der Waals surface area contributed by atoms with Gasteiger partial charge in [0.1, 0.15) is 5.75 Å². The van der Waals surface area contributed by atoms with E-state index in [1.54, 1.807) is 31.4 Å². The van der Waals surface area contributed by atoms with Crippen molar-refractivity contribution in [1.29, 1.82) is 0 Å². The van der Waals surface area contributed by atoms with Crippen molar-refractivity contribution in [1.82, 2.24) is 9.80 Å². The molecule has 4 rings (SSSR count). The lowest BCUT2D eigenvalue weighted by Gasteiger charge is -2.36. The van der Waals surface area contributed by atoms with Crippen LogP contribution >= 0.6 is 0 Å². The third-order valence-corrected chi connectivity index (χ3v) is 5.77. The van der Waals surface area contributed by atoms with Crippen molar-refractivity contribution in [3.05, 3.63) is 66.2 Å². The van der Waals surface area contributed by atoms with Crippen LogP contribution in [0.2, 0.25) is 0 Å². The summed E-state index contributed by atoms with van der Waals surface area (Å²) in [6.07, 6.45) is 4.57. The zero-order valence-electron chi connectivity index (χ0n) is 17.2. The molecule has 0 N–H and O–H groups in total. The van der Waals surface area contributed by atoms with Gasteiger partial charge in [-0.1, -0.05) is 42.5 Å². The molecule has 2 amide bonds. The fourth-order valence-corrected chi connectivity index (χ4v) is 4.06. The molecule has 2 saturated heterocycles. The van der Waals surface area contributed by atoms with Crippen molar-refractivity contribution >= 4 is 23.6 Å². The van der Waals surface area contributed by atoms with Gasteiger partial charge >= 0.3 is 0 Å². The van der Waals surface area contributed by atoms with Gasteiger partial charge in [0.05, 0.1) is 25.3 Å². The second kappa shape index (κ2) is 9.24. The van der Waals surface area contributed by atoms with E-state index < -0.39 is 0 Å². The molecule has 2 aromatic rings. The number of nitrogens with zero attached hydrogens (tertiary/aromatic N) is 3. The Labute approximate surface area is 177 Å². The molecule has 30 heavy (non-hydrogen) atoms. The van der Waals surface area contributed by atoms with Gasteiger partial charge in [0, 0.05) is 32.7 Å². The molecule has 0 saturated carbocycles. The Kier molecular flexibility index (Phi) is 6.26. The Balaban J connectivity index is 1.31. The van der Waals surface area contributed by atoms with Crippen molar-refractivity contribution < 1.29 is 14.3 Å². The Morgan fingerprint density at radius 2 is 1.67 bits per heavy atom. The number of carbonyl (C=O) groups excluding carboxylic acids is 2. The Morgan fingerprint density at radius 1 is 0.967 bits per heavy atom. The molecule has 0 aliphatic carbocycles. The van der Waals surface area contributed by atoms with E-state index >= 15 is 0 Å². The largest absolute Gasteiger partial charge is 0.497 e. The van der Waals surface area contributed by atoms with Crippen LogP contribution in [-0.2, 0) is 9.59 Å². The summed E-state index contributed by atoms with van der Waals surface area (Å²) in [5.74, 6) is 0.442. The van der Waals surface area contributed by atoms with Crippen molar-refractivity contribution in [3.63, 3.8) is 0 Å². The van der Waals surface area contributed by atoms with Crippen LogP contribution < -0.4 is 9.64 Å². The summed E-state index contributed by atoms with van der Waals surface area (Å²) in [5, 5.41) is 0. The number of benzene rings is 2. The molecule has 0 spiro atoms. The number of hydrogen-bond donors (Lipinski definition) is 0. The molecule has 0 bridgehead atoms. The highest BCUT2D eigenvalue weighted by molar-refractivity contribution is 6.22. The van der Waals surface area contributed by atoms with Crippen molar-refractivity contribution in [2.45, 2.75) is 12.5 Å². The van der Waals surface area contributed by atoms with E-state index in [0.717, 1.165) is 32.7 Å². The molecule has 0 unspecified atom stereocenters. The zero-order chi connectivity index (χ0) is 20.9. The molecule has 2 heterocycles. The number of imide groups is 1. The van der Waals surface area contributed by atoms with Crippen LogP contribution in [0.15, 0.2) is 60.7 Å². The van der Waals surface area contributed by atoms with Gasteiger partial charge < -0.3 is 4.74 Å². The summed E-state index contributed by atoms with van der Waals surface area (Å²) in [7, 11) is 1.59. The van der Waals surface area contributed by atoms with Gasteiger partial charge in [-0.05, 0) is 29.8 Å². The zero-order valence-corrected chi connectivity index (χ0v) is 17.2. The van der Waals surface area contributed by atoms with Crippen LogP contribution in [0, 0.1) is 0 Å². The molecular weight excluding hydrogens is 378 g/mol. The lowest BCUT2D eigenvalue weighted by Crippen LogP contribution is -2.52. The van der Waals surface area contributed by atoms with E-state index in [-0.39, 0.29) is 24.3 Å². The van der Waals surface area contributed by atoms with Crippen LogP contribution in [-0.4, -0.2) is 67.5 Å². The Bertz CT molecular complexity index is 903. The molecule has 2 aliphatic rings. The molecule has 2 fully saturated rings. The molecule has 2 aromatic carbocycles. The quantitative estimate of drug-likeness (QED) is 0.692. The maximum Gasteiger partial charge on any atom is 0.251 e. The average molecular weight is 405 g/mol. The Hall–Kier alpha value is -2.96. The minimum Gasteiger partial charge on any atom is -0.497 e. The highest BCUT2D eigenvalue weighted by Crippen LogP contribution is 2.27. The third kappa shape index (κ3) is 4.45. The van der Waals surface area contributed by atoms with Gasteiger partial charge in [-0.3, -0.25) is 19.4 Å². The number of amides is 2. The average Bonchev–Trinajstić information content (AvgIpc) is 3.09. The molecule has 1 atom stereocenters. The lowest BCUT2D eigenvalue weighted by atomic mass is 10.1. The second-order valence-corrected chi connectivity index (χ2v) is 7.63. The first-order valence-corrected chi connectivity index (χ1v) is 10.3. The number of rotatable bonds is 6. The topological polar surface area (TPSA) is 53.1 Å². The van der Waals surface area contributed by atoms with E-state index in [0.29, 0.717) is 11.4 Å². The summed E-state index contributed by atoms with van der Waals surface area (Å²) in [4.78, 5) is 31.4. The van der Waals surface area contributed by atoms with Crippen LogP contribution in [0.1, 0.15) is 12.0 Å². The normalized spacial score (nSPS) is 21.0. The smallest absolute Gasteiger partial charge is 0.251 e. The van der Waals surface area contributed by atoms with Crippen LogP contribution in [0.5, 0.6) is 5.75 Å². The highest BCUT2D eigenvalue weighted by atomic mass is 16.5. The fraction of sp³-hybridized carbons (Fsp3) is 0.333. The van der Waals surface area contributed by atoms with Gasteiger partial charge in [0.25, 0.3) is 5.91 Å². The molecule has 6 nitrogen and oxygen atoms in total. The predicted molar refractivity (Wildman–Crippen MR) is 117 cm³/mol. The summed E-state index contributed by atoms with van der Waals surface area (Å²) >= 11 is 0. The molecule has 156 valence electrons. The summed E-state index contributed by atoms with van der Waals surface area (Å²) in [5.41, 5.74) is 1.81. The maximum absolute atomic E-state index is 13.0. The number of anilines is 1. The minimum absolute atomic E-state index is 0.123. The van der Waals surface area contributed by atoms with Crippen molar-refractivity contribution in [2.75, 3.05) is 44.7 Å². The monoisotopic (exact) mass is 405 g/mol. The minimum atomic E-state index is -0.360. The van der Waals surface area contributed by atoms with Crippen molar-refractivity contribution in [2.24, 2.45) is 0 Å². The standard InChI is InChI=1S/C24H27N3O3/c1-30-21-11-9-20(10-12-21)27-23(28)18-22(24(27)29)26-16-14-25(15-17-26)13-5-8-19-6-3-2-4-7-19/h2-12,22H,13-18H2,1H3/b8-5+/t22-/m0/s1. The van der Waals surface area contributed by atoms with Gasteiger partial charge in [-0.2, -0.15) is 0 Å². The number of methoxy groups -OCH3 is 1. The molecular formula is C24H27N3O3. The number of piperazine rings is 1. The van der Waals surface area contributed by atoms with Gasteiger partial charge in [0.15, 0.2) is 0 Å². The molecule has 0 aromatic heterocycles. The highest BCUT2D eigenvalue weighted by Gasteiger charge is 2.43. The van der Waals surface area contributed by atoms with Gasteiger partial charge in [-0.15, -0.1) is 0 Å². The molecule has 0 radical (unpaired) electrons.